The number of H-pyrrole nitrogens is 1. The van der Waals surface area contributed by atoms with E-state index in [1.54, 1.807) is 10.9 Å². The predicted octanol–water partition coefficient (Wildman–Crippen LogP) is 5.58. The largest absolute Gasteiger partial charge is 0.494 e. The van der Waals surface area contributed by atoms with Gasteiger partial charge in [-0.15, -0.1) is 0 Å². The summed E-state index contributed by atoms with van der Waals surface area (Å²) in [4.78, 5) is 0. The van der Waals surface area contributed by atoms with Gasteiger partial charge in [0.1, 0.15) is 5.75 Å². The first-order chi connectivity index (χ1) is 13.4. The predicted molar refractivity (Wildman–Crippen MR) is 117 cm³/mol. The minimum Gasteiger partial charge on any atom is -0.494 e. The van der Waals surface area contributed by atoms with Crippen LogP contribution in [0, 0.1) is 4.77 Å². The number of hydrogen-bond acceptors (Lipinski definition) is 4. The van der Waals surface area contributed by atoms with Crippen molar-refractivity contribution in [1.29, 1.82) is 0 Å². The fourth-order valence-electron chi connectivity index (χ4n) is 2.70. The lowest BCUT2D eigenvalue weighted by molar-refractivity contribution is 0.317. The van der Waals surface area contributed by atoms with Gasteiger partial charge in [-0.1, -0.05) is 52.0 Å². The Hall–Kier alpha value is -2.73. The standard InChI is InChI=1S/C22H26N4OS/c1-5-14-27-19-12-6-16(7-13-19)15-23-26-20(24-25-21(26)28)17-8-10-18(11-9-17)22(2,3)4/h6-13,15H,5,14H2,1-4H3,(H,25,28). The molecule has 1 heterocycles. The van der Waals surface area contributed by atoms with Crippen molar-refractivity contribution in [1.82, 2.24) is 14.9 Å². The van der Waals surface area contributed by atoms with E-state index in [1.807, 2.05) is 24.3 Å². The third kappa shape index (κ3) is 4.75. The molecule has 1 N–H and O–H groups in total. The zero-order valence-electron chi connectivity index (χ0n) is 16.8. The lowest BCUT2D eigenvalue weighted by Crippen LogP contribution is -2.10. The lowest BCUT2D eigenvalue weighted by Gasteiger charge is -2.18. The number of hydrogen-bond donors (Lipinski definition) is 1. The van der Waals surface area contributed by atoms with Gasteiger partial charge in [-0.2, -0.15) is 14.9 Å². The van der Waals surface area contributed by atoms with Crippen LogP contribution in [0.1, 0.15) is 45.2 Å². The van der Waals surface area contributed by atoms with Gasteiger partial charge in [-0.25, -0.2) is 5.10 Å². The maximum absolute atomic E-state index is 5.61. The second-order valence-electron chi connectivity index (χ2n) is 7.65. The van der Waals surface area contributed by atoms with E-state index in [0.717, 1.165) is 29.9 Å². The van der Waals surface area contributed by atoms with Gasteiger partial charge in [0.15, 0.2) is 5.82 Å². The summed E-state index contributed by atoms with van der Waals surface area (Å²) < 4.78 is 7.70. The van der Waals surface area contributed by atoms with E-state index < -0.39 is 0 Å². The molecule has 1 aromatic heterocycles. The van der Waals surface area contributed by atoms with Crippen LogP contribution in [-0.4, -0.2) is 27.7 Å². The molecule has 0 aliphatic heterocycles. The molecule has 2 aromatic carbocycles. The SMILES string of the molecule is CCCOc1ccc(C=Nn2c(-c3ccc(C(C)(C)C)cc3)n[nH]c2=S)cc1. The molecule has 0 aliphatic carbocycles. The Morgan fingerprint density at radius 2 is 1.79 bits per heavy atom. The van der Waals surface area contributed by atoms with E-state index in [4.69, 9.17) is 17.0 Å². The van der Waals surface area contributed by atoms with Crippen molar-refractivity contribution in [3.05, 3.63) is 64.4 Å². The van der Waals surface area contributed by atoms with Gasteiger partial charge in [0.25, 0.3) is 0 Å². The van der Waals surface area contributed by atoms with Crippen LogP contribution >= 0.6 is 12.2 Å². The molecule has 3 aromatic rings. The minimum absolute atomic E-state index is 0.106. The van der Waals surface area contributed by atoms with Gasteiger partial charge >= 0.3 is 0 Å². The average Bonchev–Trinajstić information content (AvgIpc) is 3.05. The van der Waals surface area contributed by atoms with E-state index in [9.17, 15) is 0 Å². The first kappa shape index (κ1) is 20.0. The van der Waals surface area contributed by atoms with E-state index in [0.29, 0.717) is 10.6 Å². The van der Waals surface area contributed by atoms with E-state index >= 15 is 0 Å². The highest BCUT2D eigenvalue weighted by Gasteiger charge is 2.14. The Balaban J connectivity index is 1.83. The Labute approximate surface area is 171 Å². The normalized spacial score (nSPS) is 11.9. The van der Waals surface area contributed by atoms with Gasteiger partial charge in [-0.3, -0.25) is 0 Å². The fourth-order valence-corrected chi connectivity index (χ4v) is 2.88. The number of nitrogens with zero attached hydrogens (tertiary/aromatic N) is 3. The van der Waals surface area contributed by atoms with Gasteiger partial charge in [0.2, 0.25) is 4.77 Å². The third-order valence-electron chi connectivity index (χ3n) is 4.33. The minimum atomic E-state index is 0.106. The number of rotatable bonds is 6. The molecular weight excluding hydrogens is 368 g/mol. The monoisotopic (exact) mass is 394 g/mol. The molecule has 0 unspecified atom stereocenters. The van der Waals surface area contributed by atoms with Crippen molar-refractivity contribution in [3.8, 4) is 17.1 Å². The molecule has 28 heavy (non-hydrogen) atoms. The molecule has 146 valence electrons. The molecule has 6 heteroatoms. The molecule has 3 rings (SSSR count). The summed E-state index contributed by atoms with van der Waals surface area (Å²) in [6, 6.07) is 16.2. The summed E-state index contributed by atoms with van der Waals surface area (Å²) in [5.41, 5.74) is 3.29. The number of nitrogens with one attached hydrogen (secondary N) is 1. The van der Waals surface area contributed by atoms with Crippen LogP contribution < -0.4 is 4.74 Å². The number of benzene rings is 2. The van der Waals surface area contributed by atoms with E-state index in [-0.39, 0.29) is 5.41 Å². The van der Waals surface area contributed by atoms with Crippen LogP contribution in [0.2, 0.25) is 0 Å². The van der Waals surface area contributed by atoms with Crippen LogP contribution in [0.3, 0.4) is 0 Å². The molecule has 0 aliphatic rings. The smallest absolute Gasteiger partial charge is 0.216 e. The molecule has 0 saturated carbocycles. The molecule has 0 spiro atoms. The maximum atomic E-state index is 5.61. The highest BCUT2D eigenvalue weighted by molar-refractivity contribution is 7.71. The topological polar surface area (TPSA) is 55.2 Å². The van der Waals surface area contributed by atoms with E-state index in [1.165, 1.54) is 5.56 Å². The van der Waals surface area contributed by atoms with Crippen molar-refractivity contribution >= 4 is 18.4 Å². The molecule has 0 saturated heterocycles. The van der Waals surface area contributed by atoms with Crippen LogP contribution in [0.25, 0.3) is 11.4 Å². The summed E-state index contributed by atoms with van der Waals surface area (Å²) >= 11 is 5.35. The van der Waals surface area contributed by atoms with Crippen LogP contribution in [0.4, 0.5) is 0 Å². The quantitative estimate of drug-likeness (QED) is 0.439. The summed E-state index contributed by atoms with van der Waals surface area (Å²) in [7, 11) is 0. The summed E-state index contributed by atoms with van der Waals surface area (Å²) in [6.45, 7) is 9.39. The molecule has 0 bridgehead atoms. The average molecular weight is 395 g/mol. The molecule has 0 fully saturated rings. The highest BCUT2D eigenvalue weighted by atomic mass is 32.1. The summed E-state index contributed by atoms with van der Waals surface area (Å²) in [5, 5.41) is 11.7. The Morgan fingerprint density at radius 1 is 1.11 bits per heavy atom. The molecular formula is C22H26N4OS. The van der Waals surface area contributed by atoms with Crippen molar-refractivity contribution in [2.75, 3.05) is 6.61 Å². The van der Waals surface area contributed by atoms with Crippen molar-refractivity contribution in [2.45, 2.75) is 39.5 Å². The first-order valence-electron chi connectivity index (χ1n) is 9.44. The second kappa shape index (κ2) is 8.52. The number of aromatic nitrogens is 3. The van der Waals surface area contributed by atoms with E-state index in [2.05, 4.69) is 67.3 Å². The number of aromatic amines is 1. The molecule has 0 amide bonds. The molecule has 5 nitrogen and oxygen atoms in total. The first-order valence-corrected chi connectivity index (χ1v) is 9.85. The highest BCUT2D eigenvalue weighted by Crippen LogP contribution is 2.25. The van der Waals surface area contributed by atoms with Gasteiger partial charge in [-0.05, 0) is 59.4 Å². The van der Waals surface area contributed by atoms with Crippen molar-refractivity contribution < 1.29 is 4.74 Å². The maximum Gasteiger partial charge on any atom is 0.216 e. The number of ether oxygens (including phenoxy) is 1. The molecule has 0 radical (unpaired) electrons. The third-order valence-corrected chi connectivity index (χ3v) is 4.60. The van der Waals surface area contributed by atoms with Crippen LogP contribution in [0.5, 0.6) is 5.75 Å². The van der Waals surface area contributed by atoms with Gasteiger partial charge in [0, 0.05) is 5.56 Å². The summed E-state index contributed by atoms with van der Waals surface area (Å²) in [6.07, 6.45) is 2.75. The zero-order chi connectivity index (χ0) is 20.1. The Bertz CT molecular complexity index is 993. The van der Waals surface area contributed by atoms with Gasteiger partial charge < -0.3 is 4.74 Å². The fraction of sp³-hybridized carbons (Fsp3) is 0.318. The molecule has 0 atom stereocenters. The van der Waals surface area contributed by atoms with Crippen molar-refractivity contribution in [3.63, 3.8) is 0 Å². The Morgan fingerprint density at radius 3 is 2.39 bits per heavy atom. The Kier molecular flexibility index (Phi) is 6.09. The van der Waals surface area contributed by atoms with Gasteiger partial charge in [0.05, 0.1) is 12.8 Å². The lowest BCUT2D eigenvalue weighted by atomic mass is 9.87. The van der Waals surface area contributed by atoms with Crippen molar-refractivity contribution in [2.24, 2.45) is 5.10 Å². The zero-order valence-corrected chi connectivity index (χ0v) is 17.6. The second-order valence-corrected chi connectivity index (χ2v) is 8.04. The van der Waals surface area contributed by atoms with Crippen LogP contribution in [0.15, 0.2) is 53.6 Å². The van der Waals surface area contributed by atoms with Crippen LogP contribution in [-0.2, 0) is 5.41 Å². The summed E-state index contributed by atoms with van der Waals surface area (Å²) in [5.74, 6) is 1.54.